The molecule has 0 aliphatic carbocycles. The smallest absolute Gasteiger partial charge is 0.335 e. The van der Waals surface area contributed by atoms with Crippen LogP contribution in [0.2, 0.25) is 0 Å². The van der Waals surface area contributed by atoms with E-state index in [0.29, 0.717) is 12.1 Å². The maximum Gasteiger partial charge on any atom is 0.335 e. The molecule has 0 bridgehead atoms. The number of hydrogen-bond donors (Lipinski definition) is 2. The van der Waals surface area contributed by atoms with Crippen molar-refractivity contribution in [2.75, 3.05) is 14.1 Å². The molecule has 0 saturated carbocycles. The highest BCUT2D eigenvalue weighted by atomic mass is 16.4. The van der Waals surface area contributed by atoms with Crippen LogP contribution in [0.4, 0.5) is 0 Å². The SMILES string of the molecule is CC(NCc1cccc(C(=O)O)c1)C(c1ccccc1)N(C)C. The molecule has 0 aliphatic rings. The summed E-state index contributed by atoms with van der Waals surface area (Å²) < 4.78 is 0. The molecule has 0 radical (unpaired) electrons. The summed E-state index contributed by atoms with van der Waals surface area (Å²) in [4.78, 5) is 13.2. The van der Waals surface area contributed by atoms with E-state index in [1.807, 2.05) is 12.1 Å². The summed E-state index contributed by atoms with van der Waals surface area (Å²) >= 11 is 0. The van der Waals surface area contributed by atoms with Gasteiger partial charge in [-0.2, -0.15) is 0 Å². The second-order valence-electron chi connectivity index (χ2n) is 5.99. The minimum atomic E-state index is -0.893. The standard InChI is InChI=1S/C19H24N2O2/c1-14(18(21(2)3)16-9-5-4-6-10-16)20-13-15-8-7-11-17(12-15)19(22)23/h4-12,14,18,20H,13H2,1-3H3,(H,22,23). The summed E-state index contributed by atoms with van der Waals surface area (Å²) in [5.41, 5.74) is 2.56. The lowest BCUT2D eigenvalue weighted by Gasteiger charge is -2.31. The molecule has 2 unspecified atom stereocenters. The first-order valence-corrected chi connectivity index (χ1v) is 7.76. The van der Waals surface area contributed by atoms with E-state index in [9.17, 15) is 4.79 Å². The van der Waals surface area contributed by atoms with Crippen LogP contribution in [0.1, 0.15) is 34.5 Å². The maximum absolute atomic E-state index is 11.0. The van der Waals surface area contributed by atoms with Crippen LogP contribution in [0.25, 0.3) is 0 Å². The number of likely N-dealkylation sites (N-methyl/N-ethyl adjacent to an activating group) is 1. The van der Waals surface area contributed by atoms with E-state index in [4.69, 9.17) is 5.11 Å². The van der Waals surface area contributed by atoms with E-state index < -0.39 is 5.97 Å². The van der Waals surface area contributed by atoms with Gasteiger partial charge in [0.05, 0.1) is 5.56 Å². The van der Waals surface area contributed by atoms with Gasteiger partial charge in [-0.1, -0.05) is 42.5 Å². The molecule has 0 spiro atoms. The minimum absolute atomic E-state index is 0.223. The number of carbonyl (C=O) groups is 1. The van der Waals surface area contributed by atoms with Gasteiger partial charge in [0.25, 0.3) is 0 Å². The molecule has 2 N–H and O–H groups in total. The fourth-order valence-corrected chi connectivity index (χ4v) is 2.89. The van der Waals surface area contributed by atoms with E-state index in [0.717, 1.165) is 5.56 Å². The third kappa shape index (κ3) is 4.65. The molecule has 0 amide bonds. The van der Waals surface area contributed by atoms with E-state index in [1.165, 1.54) is 5.56 Å². The normalized spacial score (nSPS) is 13.7. The van der Waals surface area contributed by atoms with Gasteiger partial charge in [-0.25, -0.2) is 4.79 Å². The average Bonchev–Trinajstić information content (AvgIpc) is 2.54. The Bertz CT molecular complexity index is 641. The lowest BCUT2D eigenvalue weighted by atomic mass is 9.99. The largest absolute Gasteiger partial charge is 0.478 e. The van der Waals surface area contributed by atoms with Crippen molar-refractivity contribution >= 4 is 5.97 Å². The maximum atomic E-state index is 11.0. The summed E-state index contributed by atoms with van der Waals surface area (Å²) in [6.45, 7) is 2.79. The molecule has 4 nitrogen and oxygen atoms in total. The number of aromatic carboxylic acids is 1. The van der Waals surface area contributed by atoms with Crippen molar-refractivity contribution in [2.24, 2.45) is 0 Å². The highest BCUT2D eigenvalue weighted by Crippen LogP contribution is 2.22. The van der Waals surface area contributed by atoms with E-state index in [-0.39, 0.29) is 12.1 Å². The first-order valence-electron chi connectivity index (χ1n) is 7.76. The quantitative estimate of drug-likeness (QED) is 0.824. The Morgan fingerprint density at radius 2 is 1.83 bits per heavy atom. The predicted octanol–water partition coefficient (Wildman–Crippen LogP) is 3.17. The second-order valence-corrected chi connectivity index (χ2v) is 5.99. The van der Waals surface area contributed by atoms with E-state index in [2.05, 4.69) is 55.5 Å². The monoisotopic (exact) mass is 312 g/mol. The fourth-order valence-electron chi connectivity index (χ4n) is 2.89. The molecule has 2 aromatic rings. The van der Waals surface area contributed by atoms with Crippen molar-refractivity contribution in [3.63, 3.8) is 0 Å². The van der Waals surface area contributed by atoms with Gasteiger partial charge >= 0.3 is 5.97 Å². The highest BCUT2D eigenvalue weighted by molar-refractivity contribution is 5.87. The number of carboxylic acids is 1. The Hall–Kier alpha value is -2.17. The Kier molecular flexibility index (Phi) is 5.90. The Balaban J connectivity index is 2.06. The molecule has 0 aliphatic heterocycles. The summed E-state index contributed by atoms with van der Waals surface area (Å²) in [5, 5.41) is 12.6. The van der Waals surface area contributed by atoms with Crippen LogP contribution in [0.3, 0.4) is 0 Å². The summed E-state index contributed by atoms with van der Waals surface area (Å²) in [6.07, 6.45) is 0. The average molecular weight is 312 g/mol. The Labute approximate surface area is 137 Å². The van der Waals surface area contributed by atoms with Crippen LogP contribution in [0.5, 0.6) is 0 Å². The van der Waals surface area contributed by atoms with Crippen molar-refractivity contribution in [2.45, 2.75) is 25.6 Å². The Morgan fingerprint density at radius 1 is 1.13 bits per heavy atom. The molecular formula is C19H24N2O2. The summed E-state index contributed by atoms with van der Waals surface area (Å²) in [5.74, 6) is -0.893. The van der Waals surface area contributed by atoms with Gasteiger partial charge in [-0.15, -0.1) is 0 Å². The van der Waals surface area contributed by atoms with Crippen molar-refractivity contribution in [3.8, 4) is 0 Å². The summed E-state index contributed by atoms with van der Waals surface area (Å²) in [6, 6.07) is 17.9. The molecule has 4 heteroatoms. The molecule has 0 heterocycles. The zero-order valence-corrected chi connectivity index (χ0v) is 13.9. The van der Waals surface area contributed by atoms with Crippen molar-refractivity contribution in [1.29, 1.82) is 0 Å². The van der Waals surface area contributed by atoms with Crippen LogP contribution < -0.4 is 5.32 Å². The van der Waals surface area contributed by atoms with Gasteiger partial charge in [0.1, 0.15) is 0 Å². The molecule has 0 aromatic heterocycles. The van der Waals surface area contributed by atoms with Crippen molar-refractivity contribution < 1.29 is 9.90 Å². The zero-order valence-electron chi connectivity index (χ0n) is 13.9. The van der Waals surface area contributed by atoms with Gasteiger partial charge in [-0.3, -0.25) is 0 Å². The van der Waals surface area contributed by atoms with Crippen LogP contribution >= 0.6 is 0 Å². The zero-order chi connectivity index (χ0) is 16.8. The second kappa shape index (κ2) is 7.90. The Morgan fingerprint density at radius 3 is 2.43 bits per heavy atom. The highest BCUT2D eigenvalue weighted by Gasteiger charge is 2.20. The molecule has 122 valence electrons. The fraction of sp³-hybridized carbons (Fsp3) is 0.316. The van der Waals surface area contributed by atoms with Crippen LogP contribution in [0, 0.1) is 0 Å². The molecular weight excluding hydrogens is 288 g/mol. The van der Waals surface area contributed by atoms with E-state index in [1.54, 1.807) is 18.2 Å². The van der Waals surface area contributed by atoms with Crippen molar-refractivity contribution in [3.05, 3.63) is 71.3 Å². The van der Waals surface area contributed by atoms with Gasteiger partial charge in [-0.05, 0) is 44.3 Å². The number of rotatable bonds is 7. The van der Waals surface area contributed by atoms with Crippen LogP contribution in [-0.4, -0.2) is 36.1 Å². The third-order valence-corrected chi connectivity index (χ3v) is 3.97. The predicted molar refractivity (Wildman–Crippen MR) is 92.6 cm³/mol. The topological polar surface area (TPSA) is 52.6 Å². The van der Waals surface area contributed by atoms with E-state index >= 15 is 0 Å². The van der Waals surface area contributed by atoms with Crippen LogP contribution in [0.15, 0.2) is 54.6 Å². The lowest BCUT2D eigenvalue weighted by Crippen LogP contribution is -2.39. The molecule has 23 heavy (non-hydrogen) atoms. The van der Waals surface area contributed by atoms with Gasteiger partial charge in [0, 0.05) is 18.6 Å². The van der Waals surface area contributed by atoms with Gasteiger partial charge in [0.2, 0.25) is 0 Å². The number of carboxylic acid groups (broad SMARTS) is 1. The number of benzene rings is 2. The van der Waals surface area contributed by atoms with Crippen LogP contribution in [-0.2, 0) is 6.54 Å². The number of nitrogens with zero attached hydrogens (tertiary/aromatic N) is 1. The first kappa shape index (κ1) is 17.2. The van der Waals surface area contributed by atoms with Gasteiger partial charge < -0.3 is 15.3 Å². The van der Waals surface area contributed by atoms with Crippen molar-refractivity contribution in [1.82, 2.24) is 10.2 Å². The summed E-state index contributed by atoms with van der Waals surface area (Å²) in [7, 11) is 4.14. The molecule has 2 aromatic carbocycles. The lowest BCUT2D eigenvalue weighted by molar-refractivity contribution is 0.0696. The first-order chi connectivity index (χ1) is 11.0. The van der Waals surface area contributed by atoms with Gasteiger partial charge in [0.15, 0.2) is 0 Å². The minimum Gasteiger partial charge on any atom is -0.478 e. The molecule has 2 atom stereocenters. The molecule has 0 fully saturated rings. The number of nitrogens with one attached hydrogen (secondary N) is 1. The number of hydrogen-bond acceptors (Lipinski definition) is 3. The molecule has 2 rings (SSSR count). The third-order valence-electron chi connectivity index (χ3n) is 3.97. The molecule has 0 saturated heterocycles.